The Kier molecular flexibility index (Phi) is 5.61. The Morgan fingerprint density at radius 1 is 1.03 bits per heavy atom. The molecule has 1 saturated heterocycles. The summed E-state index contributed by atoms with van der Waals surface area (Å²) in [6.45, 7) is 6.83. The molecular formula is C23H26F3N3O2S. The summed E-state index contributed by atoms with van der Waals surface area (Å²) in [5.41, 5.74) is 1.36. The minimum atomic E-state index is -4.46. The molecule has 4 rings (SSSR count). The third kappa shape index (κ3) is 4.28. The first-order chi connectivity index (χ1) is 14.9. The summed E-state index contributed by atoms with van der Waals surface area (Å²) in [6, 6.07) is 8.10. The van der Waals surface area contributed by atoms with Gasteiger partial charge in [-0.25, -0.2) is 13.4 Å². The molecule has 1 aliphatic heterocycles. The Morgan fingerprint density at radius 2 is 1.66 bits per heavy atom. The normalized spacial score (nSPS) is 17.2. The molecule has 3 heterocycles. The summed E-state index contributed by atoms with van der Waals surface area (Å²) in [5.74, 6) is -0.0382. The standard InChI is InChI=1S/C23H26F3N3O2S/c1-22(2,3)16-4-6-18(7-5-16)32(30,31)29-10-8-15(9-11-29)20-14-28-21-19(20)12-17(13-27-21)23(24,25)26/h4-7,12-15H,8-11H2,1-3H3,(H,27,28). The summed E-state index contributed by atoms with van der Waals surface area (Å²) in [7, 11) is -3.62. The van der Waals surface area contributed by atoms with Crippen molar-refractivity contribution in [3.05, 3.63) is 59.4 Å². The Morgan fingerprint density at radius 3 is 2.22 bits per heavy atom. The Balaban J connectivity index is 1.52. The lowest BCUT2D eigenvalue weighted by Crippen LogP contribution is -2.37. The van der Waals surface area contributed by atoms with Crippen LogP contribution in [0, 0.1) is 0 Å². The molecule has 0 spiro atoms. The molecule has 2 aromatic heterocycles. The molecule has 0 bridgehead atoms. The molecule has 0 unspecified atom stereocenters. The van der Waals surface area contributed by atoms with Crippen LogP contribution in [0.5, 0.6) is 0 Å². The van der Waals surface area contributed by atoms with Crippen molar-refractivity contribution in [3.63, 3.8) is 0 Å². The van der Waals surface area contributed by atoms with Crippen molar-refractivity contribution in [2.24, 2.45) is 0 Å². The van der Waals surface area contributed by atoms with Gasteiger partial charge in [-0.15, -0.1) is 0 Å². The fourth-order valence-corrected chi connectivity index (χ4v) is 5.67. The number of rotatable bonds is 3. The van der Waals surface area contributed by atoms with E-state index in [0.29, 0.717) is 37.0 Å². The molecular weight excluding hydrogens is 439 g/mol. The second-order valence-electron chi connectivity index (χ2n) is 9.31. The van der Waals surface area contributed by atoms with E-state index in [9.17, 15) is 21.6 Å². The molecule has 1 aliphatic rings. The fraction of sp³-hybridized carbons (Fsp3) is 0.435. The van der Waals surface area contributed by atoms with Crippen LogP contribution in [-0.4, -0.2) is 35.8 Å². The number of H-pyrrole nitrogens is 1. The average Bonchev–Trinajstić information content (AvgIpc) is 3.16. The maximum absolute atomic E-state index is 13.1. The lowest BCUT2D eigenvalue weighted by molar-refractivity contribution is -0.137. The number of hydrogen-bond donors (Lipinski definition) is 1. The van der Waals surface area contributed by atoms with Crippen LogP contribution >= 0.6 is 0 Å². The van der Waals surface area contributed by atoms with Crippen LogP contribution in [0.25, 0.3) is 11.0 Å². The highest BCUT2D eigenvalue weighted by Gasteiger charge is 2.34. The molecule has 0 atom stereocenters. The lowest BCUT2D eigenvalue weighted by Gasteiger charge is -2.31. The summed E-state index contributed by atoms with van der Waals surface area (Å²) in [6.07, 6.45) is -0.888. The fourth-order valence-electron chi connectivity index (χ4n) is 4.20. The maximum atomic E-state index is 13.1. The van der Waals surface area contributed by atoms with E-state index >= 15 is 0 Å². The van der Waals surface area contributed by atoms with Gasteiger partial charge < -0.3 is 4.98 Å². The van der Waals surface area contributed by atoms with Crippen LogP contribution in [0.1, 0.15) is 56.2 Å². The number of hydrogen-bond acceptors (Lipinski definition) is 3. The van der Waals surface area contributed by atoms with E-state index in [1.54, 1.807) is 18.3 Å². The Labute approximate surface area is 185 Å². The summed E-state index contributed by atoms with van der Waals surface area (Å²) < 4.78 is 67.0. The van der Waals surface area contributed by atoms with Crippen LogP contribution in [-0.2, 0) is 21.6 Å². The topological polar surface area (TPSA) is 66.1 Å². The highest BCUT2D eigenvalue weighted by Crippen LogP contribution is 2.37. The van der Waals surface area contributed by atoms with E-state index in [2.05, 4.69) is 30.7 Å². The zero-order valence-corrected chi connectivity index (χ0v) is 19.0. The van der Waals surface area contributed by atoms with Crippen LogP contribution in [0.3, 0.4) is 0 Å². The number of halogens is 3. The van der Waals surface area contributed by atoms with Crippen LogP contribution in [0.2, 0.25) is 0 Å². The molecule has 1 aromatic carbocycles. The molecule has 9 heteroatoms. The van der Waals surface area contributed by atoms with E-state index in [1.807, 2.05) is 12.1 Å². The van der Waals surface area contributed by atoms with Gasteiger partial charge in [-0.3, -0.25) is 0 Å². The van der Waals surface area contributed by atoms with E-state index in [0.717, 1.165) is 23.4 Å². The minimum absolute atomic E-state index is 0.0382. The molecule has 0 amide bonds. The van der Waals surface area contributed by atoms with Crippen LogP contribution in [0.4, 0.5) is 13.2 Å². The highest BCUT2D eigenvalue weighted by molar-refractivity contribution is 7.89. The smallest absolute Gasteiger partial charge is 0.346 e. The molecule has 1 N–H and O–H groups in total. The van der Waals surface area contributed by atoms with Crippen molar-refractivity contribution in [1.82, 2.24) is 14.3 Å². The number of nitrogens with zero attached hydrogens (tertiary/aromatic N) is 2. The first-order valence-electron chi connectivity index (χ1n) is 10.5. The van der Waals surface area contributed by atoms with E-state index < -0.39 is 21.8 Å². The molecule has 3 aromatic rings. The number of alkyl halides is 3. The van der Waals surface area contributed by atoms with Crippen LogP contribution < -0.4 is 0 Å². The molecule has 0 saturated carbocycles. The lowest BCUT2D eigenvalue weighted by atomic mass is 9.87. The van der Waals surface area contributed by atoms with Crippen molar-refractivity contribution >= 4 is 21.1 Å². The van der Waals surface area contributed by atoms with Gasteiger partial charge in [0.15, 0.2) is 0 Å². The van der Waals surface area contributed by atoms with Crippen molar-refractivity contribution < 1.29 is 21.6 Å². The second kappa shape index (κ2) is 7.88. The first kappa shape index (κ1) is 22.8. The summed E-state index contributed by atoms with van der Waals surface area (Å²) in [4.78, 5) is 7.10. The van der Waals surface area contributed by atoms with E-state index in [1.165, 1.54) is 4.31 Å². The molecule has 172 valence electrons. The summed E-state index contributed by atoms with van der Waals surface area (Å²) >= 11 is 0. The van der Waals surface area contributed by atoms with Gasteiger partial charge in [0.1, 0.15) is 5.65 Å². The van der Waals surface area contributed by atoms with Crippen LogP contribution in [0.15, 0.2) is 47.6 Å². The predicted octanol–water partition coefficient (Wildman–Crippen LogP) is 5.45. The highest BCUT2D eigenvalue weighted by atomic mass is 32.2. The largest absolute Gasteiger partial charge is 0.417 e. The predicted molar refractivity (Wildman–Crippen MR) is 117 cm³/mol. The van der Waals surface area contributed by atoms with Gasteiger partial charge >= 0.3 is 6.18 Å². The number of pyridine rings is 1. The van der Waals surface area contributed by atoms with Crippen molar-refractivity contribution in [3.8, 4) is 0 Å². The zero-order chi connectivity index (χ0) is 23.3. The Hall–Kier alpha value is -2.39. The quantitative estimate of drug-likeness (QED) is 0.560. The Bertz CT molecular complexity index is 1220. The second-order valence-corrected chi connectivity index (χ2v) is 11.3. The summed E-state index contributed by atoms with van der Waals surface area (Å²) in [5, 5.41) is 0.443. The van der Waals surface area contributed by atoms with Gasteiger partial charge in [0.2, 0.25) is 10.0 Å². The van der Waals surface area contributed by atoms with Gasteiger partial charge in [-0.05, 0) is 53.5 Å². The monoisotopic (exact) mass is 465 g/mol. The minimum Gasteiger partial charge on any atom is -0.346 e. The van der Waals surface area contributed by atoms with Gasteiger partial charge in [-0.2, -0.15) is 17.5 Å². The third-order valence-corrected chi connectivity index (χ3v) is 8.06. The van der Waals surface area contributed by atoms with Crippen molar-refractivity contribution in [2.75, 3.05) is 13.1 Å². The number of aromatic amines is 1. The molecule has 0 aliphatic carbocycles. The van der Waals surface area contributed by atoms with Crippen molar-refractivity contribution in [1.29, 1.82) is 0 Å². The number of sulfonamides is 1. The van der Waals surface area contributed by atoms with Gasteiger partial charge in [0.05, 0.1) is 10.5 Å². The number of piperidine rings is 1. The SMILES string of the molecule is CC(C)(C)c1ccc(S(=O)(=O)N2CCC(c3c[nH]c4ncc(C(F)(F)F)cc34)CC2)cc1. The van der Waals surface area contributed by atoms with Gasteiger partial charge in [0, 0.05) is 30.9 Å². The number of nitrogens with one attached hydrogen (secondary N) is 1. The molecule has 0 radical (unpaired) electrons. The van der Waals surface area contributed by atoms with Gasteiger partial charge in [-0.1, -0.05) is 32.9 Å². The molecule has 32 heavy (non-hydrogen) atoms. The average molecular weight is 466 g/mol. The third-order valence-electron chi connectivity index (χ3n) is 6.14. The van der Waals surface area contributed by atoms with E-state index in [4.69, 9.17) is 0 Å². The maximum Gasteiger partial charge on any atom is 0.417 e. The zero-order valence-electron chi connectivity index (χ0n) is 18.2. The van der Waals surface area contributed by atoms with Gasteiger partial charge in [0.25, 0.3) is 0 Å². The number of benzene rings is 1. The van der Waals surface area contributed by atoms with Crippen molar-refractivity contribution in [2.45, 2.75) is 56.0 Å². The first-order valence-corrected chi connectivity index (χ1v) is 12.0. The number of aromatic nitrogens is 2. The molecule has 5 nitrogen and oxygen atoms in total. The van der Waals surface area contributed by atoms with E-state index in [-0.39, 0.29) is 16.2 Å². The molecule has 1 fully saturated rings. The number of fused-ring (bicyclic) bond motifs is 1.